The van der Waals surface area contributed by atoms with Crippen LogP contribution in [0.3, 0.4) is 0 Å². The molecule has 1 aromatic rings. The van der Waals surface area contributed by atoms with Crippen LogP contribution in [-0.2, 0) is 6.54 Å². The van der Waals surface area contributed by atoms with E-state index in [9.17, 15) is 9.70 Å². The van der Waals surface area contributed by atoms with Crippen LogP contribution in [0.15, 0.2) is 15.1 Å². The topological polar surface area (TPSA) is 90.3 Å². The Morgan fingerprint density at radius 2 is 2.40 bits per heavy atom. The van der Waals surface area contributed by atoms with E-state index < -0.39 is 5.56 Å². The number of nitrogen functional groups attached to an aromatic ring is 1. The molecule has 0 fully saturated rings. The van der Waals surface area contributed by atoms with Gasteiger partial charge in [-0.1, -0.05) is 18.7 Å². The summed E-state index contributed by atoms with van der Waals surface area (Å²) in [5.41, 5.74) is 4.74. The Morgan fingerprint density at radius 1 is 1.67 bits per heavy atom. The molecule has 7 heteroatoms. The summed E-state index contributed by atoms with van der Waals surface area (Å²) in [5, 5.41) is 3.19. The molecule has 1 aliphatic heterocycles. The summed E-state index contributed by atoms with van der Waals surface area (Å²) in [6, 6.07) is 0. The van der Waals surface area contributed by atoms with Gasteiger partial charge in [-0.05, 0) is 11.1 Å². The molecule has 1 aromatic heterocycles. The van der Waals surface area contributed by atoms with E-state index in [1.165, 1.54) is 16.3 Å². The first-order chi connectivity index (χ1) is 7.13. The summed E-state index contributed by atoms with van der Waals surface area (Å²) in [7, 11) is 0. The van der Waals surface area contributed by atoms with E-state index in [0.29, 0.717) is 17.6 Å². The maximum atomic E-state index is 11.7. The van der Waals surface area contributed by atoms with Gasteiger partial charge in [-0.2, -0.15) is 0 Å². The average Bonchev–Trinajstić information content (AvgIpc) is 2.20. The lowest BCUT2D eigenvalue weighted by Crippen LogP contribution is -2.30. The molecule has 0 aliphatic carbocycles. The minimum atomic E-state index is -0.438. The van der Waals surface area contributed by atoms with Crippen LogP contribution in [0.5, 0.6) is 0 Å². The van der Waals surface area contributed by atoms with E-state index in [4.69, 9.17) is 5.73 Å². The summed E-state index contributed by atoms with van der Waals surface area (Å²) in [5.74, 6) is 1.20. The Labute approximate surface area is 89.9 Å². The standard InChI is InChI=1S/C8H10N4O2S/c1-4-2-12-7(13)5(11-14)6(9)10-8(12)15-3-4/h4H,2-3,9H2,1H3. The molecule has 0 saturated carbocycles. The molecule has 0 aromatic carbocycles. The largest absolute Gasteiger partial charge is 0.382 e. The van der Waals surface area contributed by atoms with Gasteiger partial charge in [0.1, 0.15) is 0 Å². The SMILES string of the molecule is CC1CSc2nc(N)c(N=O)c(=O)n2C1. The minimum Gasteiger partial charge on any atom is -0.382 e. The Morgan fingerprint density at radius 3 is 3.07 bits per heavy atom. The van der Waals surface area contributed by atoms with Crippen molar-refractivity contribution < 1.29 is 0 Å². The predicted molar refractivity (Wildman–Crippen MR) is 58.3 cm³/mol. The summed E-state index contributed by atoms with van der Waals surface area (Å²) in [4.78, 5) is 26.2. The zero-order valence-electron chi connectivity index (χ0n) is 8.14. The van der Waals surface area contributed by atoms with Gasteiger partial charge in [0, 0.05) is 12.3 Å². The van der Waals surface area contributed by atoms with E-state index in [1.807, 2.05) is 6.92 Å². The van der Waals surface area contributed by atoms with Crippen LogP contribution in [0.25, 0.3) is 0 Å². The lowest BCUT2D eigenvalue weighted by atomic mass is 10.2. The first kappa shape index (κ1) is 10.2. The van der Waals surface area contributed by atoms with Gasteiger partial charge in [0.05, 0.1) is 0 Å². The zero-order chi connectivity index (χ0) is 11.0. The van der Waals surface area contributed by atoms with E-state index in [-0.39, 0.29) is 11.5 Å². The molecule has 0 radical (unpaired) electrons. The van der Waals surface area contributed by atoms with Gasteiger partial charge in [-0.3, -0.25) is 9.36 Å². The number of anilines is 1. The van der Waals surface area contributed by atoms with E-state index in [0.717, 1.165) is 5.75 Å². The van der Waals surface area contributed by atoms with Crippen molar-refractivity contribution >= 4 is 23.3 Å². The molecular weight excluding hydrogens is 216 g/mol. The molecule has 1 aliphatic rings. The van der Waals surface area contributed by atoms with Gasteiger partial charge in [-0.25, -0.2) is 4.98 Å². The molecule has 15 heavy (non-hydrogen) atoms. The maximum absolute atomic E-state index is 11.7. The lowest BCUT2D eigenvalue weighted by Gasteiger charge is -2.21. The monoisotopic (exact) mass is 226 g/mol. The van der Waals surface area contributed by atoms with Gasteiger partial charge in [0.2, 0.25) is 5.69 Å². The average molecular weight is 226 g/mol. The van der Waals surface area contributed by atoms with Crippen molar-refractivity contribution in [3.8, 4) is 0 Å². The molecule has 2 heterocycles. The summed E-state index contributed by atoms with van der Waals surface area (Å²) >= 11 is 1.47. The number of aromatic nitrogens is 2. The summed E-state index contributed by atoms with van der Waals surface area (Å²) < 4.78 is 1.46. The molecule has 0 saturated heterocycles. The van der Waals surface area contributed by atoms with Crippen LogP contribution in [-0.4, -0.2) is 15.3 Å². The third kappa shape index (κ3) is 1.63. The number of nitroso groups, excluding NO2 is 1. The van der Waals surface area contributed by atoms with Crippen molar-refractivity contribution in [2.45, 2.75) is 18.6 Å². The molecule has 2 rings (SSSR count). The molecule has 6 nitrogen and oxygen atoms in total. The van der Waals surface area contributed by atoms with Crippen molar-refractivity contribution in [2.24, 2.45) is 11.1 Å². The third-order valence-electron chi connectivity index (χ3n) is 2.22. The highest BCUT2D eigenvalue weighted by molar-refractivity contribution is 7.99. The van der Waals surface area contributed by atoms with Gasteiger partial charge in [-0.15, -0.1) is 4.91 Å². The quantitative estimate of drug-likeness (QED) is 0.569. The number of thioether (sulfide) groups is 1. The highest BCUT2D eigenvalue weighted by Gasteiger charge is 2.21. The molecule has 0 bridgehead atoms. The van der Waals surface area contributed by atoms with Crippen LogP contribution >= 0.6 is 11.8 Å². The number of hydrogen-bond acceptors (Lipinski definition) is 6. The number of nitrogens with two attached hydrogens (primary N) is 1. The molecular formula is C8H10N4O2S. The zero-order valence-corrected chi connectivity index (χ0v) is 8.95. The van der Waals surface area contributed by atoms with Crippen LogP contribution < -0.4 is 11.3 Å². The van der Waals surface area contributed by atoms with Gasteiger partial charge >= 0.3 is 0 Å². The minimum absolute atomic E-state index is 0.0803. The van der Waals surface area contributed by atoms with Crippen LogP contribution in [0.2, 0.25) is 0 Å². The van der Waals surface area contributed by atoms with Gasteiger partial charge < -0.3 is 5.73 Å². The Hall–Kier alpha value is -1.37. The van der Waals surface area contributed by atoms with Crippen molar-refractivity contribution in [3.05, 3.63) is 15.3 Å². The van der Waals surface area contributed by atoms with E-state index >= 15 is 0 Å². The molecule has 0 amide bonds. The smallest absolute Gasteiger partial charge is 0.285 e. The summed E-state index contributed by atoms with van der Waals surface area (Å²) in [6.45, 7) is 2.60. The van der Waals surface area contributed by atoms with E-state index in [1.54, 1.807) is 0 Å². The number of nitrogens with zero attached hydrogens (tertiary/aromatic N) is 3. The number of hydrogen-bond donors (Lipinski definition) is 1. The van der Waals surface area contributed by atoms with Crippen molar-refractivity contribution in [2.75, 3.05) is 11.5 Å². The highest BCUT2D eigenvalue weighted by Crippen LogP contribution is 2.27. The number of rotatable bonds is 1. The van der Waals surface area contributed by atoms with Crippen LogP contribution in [0.1, 0.15) is 6.92 Å². The van der Waals surface area contributed by atoms with Crippen LogP contribution in [0, 0.1) is 10.8 Å². The molecule has 1 unspecified atom stereocenters. The van der Waals surface area contributed by atoms with Crippen molar-refractivity contribution in [3.63, 3.8) is 0 Å². The highest BCUT2D eigenvalue weighted by atomic mass is 32.2. The molecule has 80 valence electrons. The first-order valence-corrected chi connectivity index (χ1v) is 5.48. The lowest BCUT2D eigenvalue weighted by molar-refractivity contribution is 0.461. The Balaban J connectivity index is 2.64. The first-order valence-electron chi connectivity index (χ1n) is 4.50. The molecule has 0 spiro atoms. The summed E-state index contributed by atoms with van der Waals surface area (Å²) in [6.07, 6.45) is 0. The fourth-order valence-corrected chi connectivity index (χ4v) is 2.49. The second-order valence-corrected chi connectivity index (χ2v) is 4.54. The normalized spacial score (nSPS) is 19.7. The molecule has 1 atom stereocenters. The maximum Gasteiger partial charge on any atom is 0.285 e. The fourth-order valence-electron chi connectivity index (χ4n) is 1.48. The van der Waals surface area contributed by atoms with Crippen LogP contribution in [0.4, 0.5) is 11.5 Å². The van der Waals surface area contributed by atoms with Gasteiger partial charge in [0.25, 0.3) is 5.56 Å². The Kier molecular flexibility index (Phi) is 2.47. The van der Waals surface area contributed by atoms with E-state index in [2.05, 4.69) is 10.2 Å². The second kappa shape index (κ2) is 3.65. The van der Waals surface area contributed by atoms with Crippen molar-refractivity contribution in [1.29, 1.82) is 0 Å². The van der Waals surface area contributed by atoms with Crippen molar-refractivity contribution in [1.82, 2.24) is 9.55 Å². The predicted octanol–water partition coefficient (Wildman–Crippen LogP) is 0.965. The third-order valence-corrected chi connectivity index (χ3v) is 3.53. The number of fused-ring (bicyclic) bond motifs is 1. The second-order valence-electron chi connectivity index (χ2n) is 3.55. The Bertz CT molecular complexity index is 470. The molecule has 2 N–H and O–H groups in total. The fraction of sp³-hybridized carbons (Fsp3) is 0.500. The van der Waals surface area contributed by atoms with Gasteiger partial charge in [0.15, 0.2) is 11.0 Å².